The van der Waals surface area contributed by atoms with Crippen molar-refractivity contribution in [1.29, 1.82) is 0 Å². The molecule has 0 aromatic heterocycles. The summed E-state index contributed by atoms with van der Waals surface area (Å²) in [6.07, 6.45) is 10.1. The van der Waals surface area contributed by atoms with E-state index in [4.69, 9.17) is 0 Å². The highest BCUT2D eigenvalue weighted by atomic mass is 32.2. The molecule has 22 heavy (non-hydrogen) atoms. The van der Waals surface area contributed by atoms with E-state index >= 15 is 0 Å². The van der Waals surface area contributed by atoms with E-state index in [0.717, 1.165) is 17.8 Å². The Hall–Kier alpha value is -0.150. The molecule has 0 saturated heterocycles. The van der Waals surface area contributed by atoms with Crippen molar-refractivity contribution in [2.24, 2.45) is 17.8 Å². The summed E-state index contributed by atoms with van der Waals surface area (Å²) in [5.74, 6) is 2.84. The summed E-state index contributed by atoms with van der Waals surface area (Å²) >= 11 is 2.17. The van der Waals surface area contributed by atoms with E-state index in [2.05, 4.69) is 42.7 Å². The van der Waals surface area contributed by atoms with Crippen LogP contribution in [-0.2, 0) is 0 Å². The topological polar surface area (TPSA) is 15.3 Å². The highest BCUT2D eigenvalue weighted by Gasteiger charge is 2.43. The van der Waals surface area contributed by atoms with Crippen LogP contribution in [0.2, 0.25) is 0 Å². The lowest BCUT2D eigenvalue weighted by Crippen LogP contribution is -2.42. The number of nitrogens with zero attached hydrogens (tertiary/aromatic N) is 1. The summed E-state index contributed by atoms with van der Waals surface area (Å²) in [7, 11) is 0. The molecule has 1 N–H and O–H groups in total. The van der Waals surface area contributed by atoms with Crippen molar-refractivity contribution in [1.82, 2.24) is 10.2 Å². The summed E-state index contributed by atoms with van der Waals surface area (Å²) < 4.78 is 0. The van der Waals surface area contributed by atoms with E-state index < -0.39 is 0 Å². The van der Waals surface area contributed by atoms with Crippen molar-refractivity contribution >= 4 is 11.8 Å². The van der Waals surface area contributed by atoms with Gasteiger partial charge in [0.05, 0.1) is 10.4 Å². The van der Waals surface area contributed by atoms with Crippen molar-refractivity contribution in [2.75, 3.05) is 13.1 Å². The summed E-state index contributed by atoms with van der Waals surface area (Å²) in [5.41, 5.74) is 2.08. The van der Waals surface area contributed by atoms with Gasteiger partial charge in [0.2, 0.25) is 0 Å². The largest absolute Gasteiger partial charge is 0.362 e. The molecule has 2 fully saturated rings. The number of nitrogens with one attached hydrogen (secondary N) is 1. The molecule has 2 aliphatic carbocycles. The Morgan fingerprint density at radius 1 is 1.14 bits per heavy atom. The van der Waals surface area contributed by atoms with E-state index in [0.29, 0.717) is 5.37 Å². The zero-order chi connectivity index (χ0) is 15.3. The van der Waals surface area contributed by atoms with Crippen molar-refractivity contribution in [2.45, 2.75) is 76.6 Å². The van der Waals surface area contributed by atoms with Gasteiger partial charge in [0.1, 0.15) is 0 Å². The Labute approximate surface area is 140 Å². The van der Waals surface area contributed by atoms with Crippen molar-refractivity contribution < 1.29 is 0 Å². The minimum atomic E-state index is 0.267. The minimum Gasteiger partial charge on any atom is -0.362 e. The van der Waals surface area contributed by atoms with Gasteiger partial charge < -0.3 is 10.2 Å². The summed E-state index contributed by atoms with van der Waals surface area (Å²) in [5, 5.41) is 6.26. The first-order valence-electron chi connectivity index (χ1n) is 9.43. The van der Waals surface area contributed by atoms with Gasteiger partial charge in [-0.15, -0.1) is 0 Å². The van der Waals surface area contributed by atoms with E-state index in [1.807, 2.05) is 5.57 Å². The number of hydrogen-bond acceptors (Lipinski definition) is 3. The smallest absolute Gasteiger partial charge is 0.0723 e. The molecule has 2 nitrogen and oxygen atoms in total. The molecule has 4 rings (SSSR count). The third-order valence-electron chi connectivity index (χ3n) is 5.80. The van der Waals surface area contributed by atoms with Crippen LogP contribution >= 0.6 is 11.8 Å². The van der Waals surface area contributed by atoms with Crippen LogP contribution in [0.1, 0.15) is 65.7 Å². The SMILES string of the molecule is CC(C)(C)N1CCCC2=C1SC(NCC1CC1)C2CC1CC1. The minimum absolute atomic E-state index is 0.267. The Bertz CT molecular complexity index is 457. The third-order valence-corrected chi connectivity index (χ3v) is 7.25. The second-order valence-electron chi connectivity index (χ2n) is 8.93. The standard InChI is InChI=1S/C19H32N2S/c1-19(2,3)21-10-4-5-15-16(11-13-6-7-13)17(22-18(15)21)20-12-14-8-9-14/h13-14,16-17,20H,4-12H2,1-3H3. The molecule has 0 bridgehead atoms. The molecule has 2 unspecified atom stereocenters. The van der Waals surface area contributed by atoms with Gasteiger partial charge in [-0.05, 0) is 76.8 Å². The van der Waals surface area contributed by atoms with Gasteiger partial charge in [-0.1, -0.05) is 24.6 Å². The van der Waals surface area contributed by atoms with E-state index in [-0.39, 0.29) is 5.54 Å². The average Bonchev–Trinajstić information content (AvgIpc) is 3.35. The Kier molecular flexibility index (Phi) is 4.01. The van der Waals surface area contributed by atoms with Gasteiger partial charge >= 0.3 is 0 Å². The van der Waals surface area contributed by atoms with Gasteiger partial charge in [0.15, 0.2) is 0 Å². The van der Waals surface area contributed by atoms with Crippen LogP contribution in [0.25, 0.3) is 0 Å². The fourth-order valence-corrected chi connectivity index (χ4v) is 5.84. The van der Waals surface area contributed by atoms with Crippen LogP contribution in [0.5, 0.6) is 0 Å². The Balaban J connectivity index is 1.53. The maximum atomic E-state index is 3.95. The molecule has 4 aliphatic rings. The fourth-order valence-electron chi connectivity index (χ4n) is 4.09. The van der Waals surface area contributed by atoms with Crippen LogP contribution in [0, 0.1) is 17.8 Å². The lowest BCUT2D eigenvalue weighted by atomic mass is 9.88. The monoisotopic (exact) mass is 320 g/mol. The number of hydrogen-bond donors (Lipinski definition) is 1. The van der Waals surface area contributed by atoms with Crippen molar-refractivity contribution in [3.8, 4) is 0 Å². The predicted molar refractivity (Wildman–Crippen MR) is 95.7 cm³/mol. The first kappa shape index (κ1) is 15.4. The van der Waals surface area contributed by atoms with Crippen molar-refractivity contribution in [3.05, 3.63) is 10.6 Å². The molecule has 3 heteroatoms. The first-order chi connectivity index (χ1) is 10.5. The Morgan fingerprint density at radius 2 is 1.86 bits per heavy atom. The van der Waals surface area contributed by atoms with E-state index in [1.165, 1.54) is 58.0 Å². The fraction of sp³-hybridized carbons (Fsp3) is 0.895. The molecular weight excluding hydrogens is 288 g/mol. The van der Waals surface area contributed by atoms with Crippen LogP contribution in [0.15, 0.2) is 10.6 Å². The van der Waals surface area contributed by atoms with Gasteiger partial charge in [0, 0.05) is 18.0 Å². The summed E-state index contributed by atoms with van der Waals surface area (Å²) in [6.45, 7) is 9.65. The maximum Gasteiger partial charge on any atom is 0.0723 e. The number of thioether (sulfide) groups is 1. The van der Waals surface area contributed by atoms with Crippen LogP contribution in [0.4, 0.5) is 0 Å². The highest BCUT2D eigenvalue weighted by molar-refractivity contribution is 8.03. The molecule has 0 aromatic carbocycles. The lowest BCUT2D eigenvalue weighted by molar-refractivity contribution is 0.184. The quantitative estimate of drug-likeness (QED) is 0.798. The zero-order valence-corrected chi connectivity index (χ0v) is 15.3. The van der Waals surface area contributed by atoms with Crippen LogP contribution in [-0.4, -0.2) is 28.9 Å². The normalized spacial score (nSPS) is 32.6. The van der Waals surface area contributed by atoms with Gasteiger partial charge in [0.25, 0.3) is 0 Å². The lowest BCUT2D eigenvalue weighted by Gasteiger charge is -2.41. The van der Waals surface area contributed by atoms with Crippen LogP contribution < -0.4 is 5.32 Å². The molecular formula is C19H32N2S. The first-order valence-corrected chi connectivity index (χ1v) is 10.3. The van der Waals surface area contributed by atoms with E-state index in [1.54, 1.807) is 5.03 Å². The Morgan fingerprint density at radius 3 is 2.50 bits per heavy atom. The molecule has 0 amide bonds. The number of rotatable bonds is 5. The second kappa shape index (κ2) is 5.73. The maximum absolute atomic E-state index is 3.95. The van der Waals surface area contributed by atoms with Gasteiger partial charge in [-0.3, -0.25) is 0 Å². The molecule has 2 atom stereocenters. The molecule has 124 valence electrons. The second-order valence-corrected chi connectivity index (χ2v) is 10.1. The molecule has 2 saturated carbocycles. The predicted octanol–water partition coefficient (Wildman–Crippen LogP) is 4.58. The molecule has 0 aromatic rings. The summed E-state index contributed by atoms with van der Waals surface area (Å²) in [6, 6.07) is 0. The summed E-state index contributed by atoms with van der Waals surface area (Å²) in [4.78, 5) is 2.70. The zero-order valence-electron chi connectivity index (χ0n) is 14.5. The average molecular weight is 321 g/mol. The molecule has 0 radical (unpaired) electrons. The van der Waals surface area contributed by atoms with E-state index in [9.17, 15) is 0 Å². The highest BCUT2D eigenvalue weighted by Crippen LogP contribution is 2.52. The van der Waals surface area contributed by atoms with Crippen LogP contribution in [0.3, 0.4) is 0 Å². The third kappa shape index (κ3) is 3.21. The van der Waals surface area contributed by atoms with Gasteiger partial charge in [-0.2, -0.15) is 0 Å². The molecule has 0 spiro atoms. The molecule has 2 heterocycles. The molecule has 2 aliphatic heterocycles. The van der Waals surface area contributed by atoms with Gasteiger partial charge in [-0.25, -0.2) is 0 Å². The van der Waals surface area contributed by atoms with Crippen molar-refractivity contribution in [3.63, 3.8) is 0 Å².